The van der Waals surface area contributed by atoms with Crippen LogP contribution in [0.5, 0.6) is 5.75 Å². The molecule has 3 aromatic rings. The average Bonchev–Trinajstić information content (AvgIpc) is 3.17. The highest BCUT2D eigenvalue weighted by molar-refractivity contribution is 5.84. The first-order valence-electron chi connectivity index (χ1n) is 14.6. The molecule has 0 spiro atoms. The van der Waals surface area contributed by atoms with Gasteiger partial charge in [0.2, 0.25) is 5.91 Å². The molecule has 0 aliphatic carbocycles. The van der Waals surface area contributed by atoms with Crippen molar-refractivity contribution in [2.24, 2.45) is 0 Å². The molecule has 43 heavy (non-hydrogen) atoms. The number of carbonyl (C=O) groups is 1. The summed E-state index contributed by atoms with van der Waals surface area (Å²) in [6.45, 7) is 6.94. The Hall–Kier alpha value is -3.76. The molecule has 1 aliphatic rings. The summed E-state index contributed by atoms with van der Waals surface area (Å²) in [4.78, 5) is 21.7. The number of nitrogens with zero attached hydrogens (tertiary/aromatic N) is 4. The van der Waals surface area contributed by atoms with E-state index in [1.165, 1.54) is 17.0 Å². The number of hydrogen-bond acceptors (Lipinski definition) is 6. The van der Waals surface area contributed by atoms with Crippen LogP contribution in [0.4, 0.5) is 24.5 Å². The van der Waals surface area contributed by atoms with Gasteiger partial charge in [-0.2, -0.15) is 13.2 Å². The molecule has 1 aliphatic heterocycles. The van der Waals surface area contributed by atoms with Crippen LogP contribution in [-0.4, -0.2) is 81.1 Å². The van der Waals surface area contributed by atoms with Crippen LogP contribution in [0.1, 0.15) is 29.2 Å². The van der Waals surface area contributed by atoms with Crippen molar-refractivity contribution in [3.8, 4) is 5.75 Å². The summed E-state index contributed by atoms with van der Waals surface area (Å²) < 4.78 is 46.5. The van der Waals surface area contributed by atoms with Crippen molar-refractivity contribution < 1.29 is 22.7 Å². The molecule has 0 saturated carbocycles. The van der Waals surface area contributed by atoms with Crippen molar-refractivity contribution in [2.45, 2.75) is 32.7 Å². The van der Waals surface area contributed by atoms with E-state index >= 15 is 0 Å². The van der Waals surface area contributed by atoms with Gasteiger partial charge in [0.05, 0.1) is 30.6 Å². The predicted molar refractivity (Wildman–Crippen MR) is 165 cm³/mol. The maximum absolute atomic E-state index is 13.7. The number of amides is 1. The number of carbonyl (C=O) groups excluding carboxylic acids is 1. The zero-order chi connectivity index (χ0) is 31.0. The molecular weight excluding hydrogens is 555 g/mol. The highest BCUT2D eigenvalue weighted by atomic mass is 19.4. The number of halogens is 3. The maximum atomic E-state index is 13.7. The Morgan fingerprint density at radius 2 is 1.72 bits per heavy atom. The summed E-state index contributed by atoms with van der Waals surface area (Å²) in [6, 6.07) is 19.6. The molecule has 4 rings (SSSR count). The third kappa shape index (κ3) is 8.64. The molecule has 0 atom stereocenters. The lowest BCUT2D eigenvalue weighted by Crippen LogP contribution is -2.40. The van der Waals surface area contributed by atoms with Crippen LogP contribution in [-0.2, 0) is 30.6 Å². The lowest BCUT2D eigenvalue weighted by molar-refractivity contribution is -0.139. The number of alkyl halides is 3. The van der Waals surface area contributed by atoms with E-state index in [0.717, 1.165) is 60.5 Å². The molecule has 0 unspecified atom stereocenters. The smallest absolute Gasteiger partial charge is 0.416 e. The van der Waals surface area contributed by atoms with E-state index in [2.05, 4.69) is 40.2 Å². The summed E-state index contributed by atoms with van der Waals surface area (Å²) in [5.74, 6) is 0.539. The summed E-state index contributed by atoms with van der Waals surface area (Å²) in [6.07, 6.45) is -4.49. The number of fused-ring (bicyclic) bond motifs is 1. The van der Waals surface area contributed by atoms with Crippen molar-refractivity contribution >= 4 is 17.3 Å². The molecule has 0 bridgehead atoms. The molecule has 1 heterocycles. The van der Waals surface area contributed by atoms with Crippen LogP contribution in [0.25, 0.3) is 0 Å². The number of para-hydroxylation sites is 1. The topological polar surface area (TPSA) is 51.3 Å². The Morgan fingerprint density at radius 3 is 2.40 bits per heavy atom. The van der Waals surface area contributed by atoms with Gasteiger partial charge in [-0.1, -0.05) is 49.4 Å². The molecule has 1 N–H and O–H groups in total. The first kappa shape index (κ1) is 32.2. The third-order valence-electron chi connectivity index (χ3n) is 7.78. The zero-order valence-corrected chi connectivity index (χ0v) is 25.5. The fourth-order valence-corrected chi connectivity index (χ4v) is 5.34. The van der Waals surface area contributed by atoms with Gasteiger partial charge in [0.15, 0.2) is 0 Å². The second kappa shape index (κ2) is 14.6. The third-order valence-corrected chi connectivity index (χ3v) is 7.78. The summed E-state index contributed by atoms with van der Waals surface area (Å²) in [7, 11) is 5.40. The number of rotatable bonds is 12. The highest BCUT2D eigenvalue weighted by Crippen LogP contribution is 2.35. The second-order valence-corrected chi connectivity index (χ2v) is 11.1. The minimum Gasteiger partial charge on any atom is -0.497 e. The van der Waals surface area contributed by atoms with E-state index in [4.69, 9.17) is 4.74 Å². The largest absolute Gasteiger partial charge is 0.497 e. The van der Waals surface area contributed by atoms with Crippen LogP contribution in [0.2, 0.25) is 0 Å². The fraction of sp³-hybridized carbons (Fsp3) is 0.424. The van der Waals surface area contributed by atoms with Crippen molar-refractivity contribution in [3.63, 3.8) is 0 Å². The lowest BCUT2D eigenvalue weighted by Gasteiger charge is -2.29. The Morgan fingerprint density at radius 1 is 0.977 bits per heavy atom. The van der Waals surface area contributed by atoms with E-state index < -0.39 is 11.7 Å². The molecule has 232 valence electrons. The Bertz CT molecular complexity index is 1350. The first-order chi connectivity index (χ1) is 20.6. The molecule has 3 aromatic carbocycles. The molecule has 1 amide bonds. The molecule has 10 heteroatoms. The molecule has 7 nitrogen and oxygen atoms in total. The van der Waals surface area contributed by atoms with Crippen molar-refractivity contribution in [1.82, 2.24) is 14.7 Å². The second-order valence-electron chi connectivity index (χ2n) is 11.1. The zero-order valence-electron chi connectivity index (χ0n) is 25.5. The average molecular weight is 598 g/mol. The van der Waals surface area contributed by atoms with E-state index in [1.807, 2.05) is 43.3 Å². The highest BCUT2D eigenvalue weighted by Gasteiger charge is 2.33. The minimum absolute atomic E-state index is 0.0358. The van der Waals surface area contributed by atoms with E-state index in [0.29, 0.717) is 19.6 Å². The number of methoxy groups -OCH3 is 1. The Kier molecular flexibility index (Phi) is 10.9. The number of likely N-dealkylation sites (N-methyl/N-ethyl adjacent to an activating group) is 2. The van der Waals surface area contributed by atoms with E-state index in [-0.39, 0.29) is 24.6 Å². The van der Waals surface area contributed by atoms with Gasteiger partial charge in [0.25, 0.3) is 0 Å². The van der Waals surface area contributed by atoms with Crippen molar-refractivity contribution in [1.29, 1.82) is 0 Å². The van der Waals surface area contributed by atoms with Crippen LogP contribution in [0.3, 0.4) is 0 Å². The SMILES string of the molecule is CCN1CCN(Cc2ccc(OC)cc2)c2c(cccc2NCC(=O)N(CCN(C)C)Cc2ccccc2C(F)(F)F)C1. The van der Waals surface area contributed by atoms with Gasteiger partial charge >= 0.3 is 6.18 Å². The number of anilines is 2. The van der Waals surface area contributed by atoms with Crippen molar-refractivity contribution in [2.75, 3.05) is 70.7 Å². The van der Waals surface area contributed by atoms with Crippen LogP contribution in [0.15, 0.2) is 66.7 Å². The maximum Gasteiger partial charge on any atom is 0.416 e. The monoisotopic (exact) mass is 597 g/mol. The van der Waals surface area contributed by atoms with Crippen LogP contribution < -0.4 is 15.0 Å². The Balaban J connectivity index is 1.58. The van der Waals surface area contributed by atoms with Gasteiger partial charge in [-0.25, -0.2) is 0 Å². The minimum atomic E-state index is -4.49. The lowest BCUT2D eigenvalue weighted by atomic mass is 10.1. The van der Waals surface area contributed by atoms with E-state index in [1.54, 1.807) is 13.2 Å². The summed E-state index contributed by atoms with van der Waals surface area (Å²) in [5.41, 5.74) is 3.55. The number of nitrogens with one attached hydrogen (secondary N) is 1. The van der Waals surface area contributed by atoms with Crippen LogP contribution in [0, 0.1) is 0 Å². The van der Waals surface area contributed by atoms with Gasteiger partial charge in [-0.15, -0.1) is 0 Å². The van der Waals surface area contributed by atoms with Crippen LogP contribution >= 0.6 is 0 Å². The van der Waals surface area contributed by atoms with Crippen molar-refractivity contribution in [3.05, 3.63) is 89.0 Å². The summed E-state index contributed by atoms with van der Waals surface area (Å²) >= 11 is 0. The van der Waals surface area contributed by atoms with Gasteiger partial charge < -0.3 is 24.8 Å². The molecule has 0 radical (unpaired) electrons. The van der Waals surface area contributed by atoms with Gasteiger partial charge in [-0.3, -0.25) is 9.69 Å². The van der Waals surface area contributed by atoms with Gasteiger partial charge in [-0.05, 0) is 61.6 Å². The normalized spacial score (nSPS) is 13.9. The molecular formula is C33H42F3N5O2. The molecule has 0 saturated heterocycles. The Labute approximate surface area is 252 Å². The van der Waals surface area contributed by atoms with E-state index in [9.17, 15) is 18.0 Å². The number of hydrogen-bond donors (Lipinski definition) is 1. The van der Waals surface area contributed by atoms with Gasteiger partial charge in [0, 0.05) is 45.8 Å². The summed E-state index contributed by atoms with van der Waals surface area (Å²) in [5, 5.41) is 3.36. The predicted octanol–water partition coefficient (Wildman–Crippen LogP) is 5.56. The number of ether oxygens (including phenoxy) is 1. The van der Waals surface area contributed by atoms with Gasteiger partial charge in [0.1, 0.15) is 5.75 Å². The number of benzene rings is 3. The quantitative estimate of drug-likeness (QED) is 0.295. The molecule has 0 aromatic heterocycles. The molecule has 0 fully saturated rings. The fourth-order valence-electron chi connectivity index (χ4n) is 5.34. The first-order valence-corrected chi connectivity index (χ1v) is 14.6. The standard InChI is InChI=1S/C33H42F3N5O2/c1-5-39-18-20-41(22-25-13-15-28(43-4)16-14-25)32-27(23-39)10-8-12-30(32)37-21-31(42)40(19-17-38(2)3)24-26-9-6-7-11-29(26)33(34,35)36/h6-16,37H,5,17-24H2,1-4H3.